The molecular weight excluding hydrogens is 238 g/mol. The van der Waals surface area contributed by atoms with Gasteiger partial charge in [0.2, 0.25) is 11.8 Å². The average molecular weight is 249 g/mol. The van der Waals surface area contributed by atoms with E-state index >= 15 is 0 Å². The molecule has 0 aliphatic rings. The highest BCUT2D eigenvalue weighted by Gasteiger charge is 2.11. The third-order valence-corrected chi connectivity index (χ3v) is 3.31. The molecule has 0 bridgehead atoms. The van der Waals surface area contributed by atoms with Crippen LogP contribution in [0.3, 0.4) is 0 Å². The zero-order valence-corrected chi connectivity index (χ0v) is 9.68. The Labute approximate surface area is 94.8 Å². The summed E-state index contributed by atoms with van der Waals surface area (Å²) in [4.78, 5) is 15.9. The standard InChI is InChI=1S/C8H11NO4S2/c1-14-15-5-4-8(12)13-9-6(10)2-3-7(9)11/h2-3,10-11H,4-5H2,1H3. The molecule has 0 aliphatic heterocycles. The highest BCUT2D eigenvalue weighted by Crippen LogP contribution is 2.20. The summed E-state index contributed by atoms with van der Waals surface area (Å²) in [5.74, 6) is -0.488. The normalized spacial score (nSPS) is 10.2. The van der Waals surface area contributed by atoms with Crippen molar-refractivity contribution in [3.63, 3.8) is 0 Å². The fourth-order valence-corrected chi connectivity index (χ4v) is 2.02. The second-order valence-corrected chi connectivity index (χ2v) is 5.23. The van der Waals surface area contributed by atoms with Crippen LogP contribution in [0.25, 0.3) is 0 Å². The third kappa shape index (κ3) is 3.60. The predicted molar refractivity (Wildman–Crippen MR) is 59.9 cm³/mol. The number of nitrogens with zero attached hydrogens (tertiary/aromatic N) is 1. The molecule has 0 aliphatic carbocycles. The minimum atomic E-state index is -0.502. The lowest BCUT2D eigenvalue weighted by atomic mass is 10.5. The fourth-order valence-electron chi connectivity index (χ4n) is 0.851. The van der Waals surface area contributed by atoms with Crippen molar-refractivity contribution < 1.29 is 19.8 Å². The smallest absolute Gasteiger partial charge is 0.334 e. The van der Waals surface area contributed by atoms with Crippen molar-refractivity contribution in [2.45, 2.75) is 6.42 Å². The minimum Gasteiger partial charge on any atom is -0.492 e. The fraction of sp³-hybridized carbons (Fsp3) is 0.375. The predicted octanol–water partition coefficient (Wildman–Crippen LogP) is 1.26. The van der Waals surface area contributed by atoms with Gasteiger partial charge in [0.05, 0.1) is 6.42 Å². The third-order valence-electron chi connectivity index (χ3n) is 1.50. The van der Waals surface area contributed by atoms with Gasteiger partial charge in [-0.3, -0.25) is 0 Å². The number of hydrogen-bond donors (Lipinski definition) is 2. The van der Waals surface area contributed by atoms with Crippen LogP contribution in [0.15, 0.2) is 12.1 Å². The van der Waals surface area contributed by atoms with Crippen LogP contribution in [0.2, 0.25) is 0 Å². The second kappa shape index (κ2) is 5.82. The second-order valence-electron chi connectivity index (χ2n) is 2.55. The van der Waals surface area contributed by atoms with Gasteiger partial charge in [0.1, 0.15) is 0 Å². The number of aromatic hydroxyl groups is 2. The number of aromatic nitrogens is 1. The molecule has 2 N–H and O–H groups in total. The van der Waals surface area contributed by atoms with Crippen LogP contribution in [0.4, 0.5) is 0 Å². The molecule has 5 nitrogen and oxygen atoms in total. The zero-order valence-electron chi connectivity index (χ0n) is 8.04. The number of carbonyl (C=O) groups is 1. The van der Waals surface area contributed by atoms with Crippen molar-refractivity contribution in [1.29, 1.82) is 0 Å². The largest absolute Gasteiger partial charge is 0.492 e. The molecule has 0 unspecified atom stereocenters. The van der Waals surface area contributed by atoms with E-state index in [0.29, 0.717) is 10.5 Å². The molecule has 0 aromatic carbocycles. The van der Waals surface area contributed by atoms with Crippen LogP contribution in [-0.4, -0.2) is 32.9 Å². The van der Waals surface area contributed by atoms with E-state index in [4.69, 9.17) is 15.1 Å². The quantitative estimate of drug-likeness (QED) is 0.604. The molecule has 84 valence electrons. The van der Waals surface area contributed by atoms with Crippen molar-refractivity contribution in [3.8, 4) is 11.8 Å². The summed E-state index contributed by atoms with van der Waals surface area (Å²) >= 11 is 0. The summed E-state index contributed by atoms with van der Waals surface area (Å²) in [6.45, 7) is 0. The Balaban J connectivity index is 2.44. The number of rotatable bonds is 5. The Morgan fingerprint density at radius 1 is 1.47 bits per heavy atom. The summed E-state index contributed by atoms with van der Waals surface area (Å²) in [5, 5.41) is 18.3. The summed E-state index contributed by atoms with van der Waals surface area (Å²) < 4.78 is 0.687. The van der Waals surface area contributed by atoms with Gasteiger partial charge in [-0.25, -0.2) is 4.79 Å². The van der Waals surface area contributed by atoms with Gasteiger partial charge in [-0.2, -0.15) is 0 Å². The van der Waals surface area contributed by atoms with Gasteiger partial charge in [0, 0.05) is 17.9 Å². The maximum atomic E-state index is 11.2. The molecule has 1 rings (SSSR count). The summed E-state index contributed by atoms with van der Waals surface area (Å²) in [6, 6.07) is 2.47. The first-order valence-corrected chi connectivity index (χ1v) is 6.84. The van der Waals surface area contributed by atoms with Gasteiger partial charge < -0.3 is 15.1 Å². The molecule has 1 heterocycles. The molecule has 0 saturated heterocycles. The lowest BCUT2D eigenvalue weighted by Gasteiger charge is -2.05. The van der Waals surface area contributed by atoms with Gasteiger partial charge in [0.25, 0.3) is 0 Å². The molecule has 1 aromatic heterocycles. The molecule has 0 radical (unpaired) electrons. The van der Waals surface area contributed by atoms with Crippen molar-refractivity contribution in [1.82, 2.24) is 4.73 Å². The van der Waals surface area contributed by atoms with Crippen LogP contribution in [-0.2, 0) is 4.79 Å². The SMILES string of the molecule is CSSCCC(=O)On1c(O)ccc1O. The summed E-state index contributed by atoms with van der Waals surface area (Å²) in [7, 11) is 3.10. The highest BCUT2D eigenvalue weighted by molar-refractivity contribution is 8.76. The molecule has 1 aromatic rings. The van der Waals surface area contributed by atoms with E-state index in [1.807, 2.05) is 6.26 Å². The number of carbonyl (C=O) groups excluding carboxylic acids is 1. The lowest BCUT2D eigenvalue weighted by molar-refractivity contribution is -0.144. The van der Waals surface area contributed by atoms with Gasteiger partial charge >= 0.3 is 5.97 Å². The van der Waals surface area contributed by atoms with E-state index in [-0.39, 0.29) is 18.2 Å². The van der Waals surface area contributed by atoms with Crippen molar-refractivity contribution >= 4 is 27.6 Å². The minimum absolute atomic E-state index is 0.225. The molecule has 0 saturated carbocycles. The Morgan fingerprint density at radius 2 is 2.07 bits per heavy atom. The Morgan fingerprint density at radius 3 is 2.60 bits per heavy atom. The molecular formula is C8H11NO4S2. The molecule has 0 fully saturated rings. The van der Waals surface area contributed by atoms with Crippen molar-refractivity contribution in [2.75, 3.05) is 12.0 Å². The van der Waals surface area contributed by atoms with Crippen LogP contribution in [0.1, 0.15) is 6.42 Å². The van der Waals surface area contributed by atoms with E-state index in [2.05, 4.69) is 0 Å². The maximum Gasteiger partial charge on any atom is 0.334 e. The molecule has 0 atom stereocenters. The van der Waals surface area contributed by atoms with Crippen molar-refractivity contribution in [3.05, 3.63) is 12.1 Å². The summed E-state index contributed by atoms with van der Waals surface area (Å²) in [6.07, 6.45) is 2.14. The first-order valence-electron chi connectivity index (χ1n) is 4.11. The van der Waals surface area contributed by atoms with Crippen molar-refractivity contribution in [2.24, 2.45) is 0 Å². The first-order chi connectivity index (χ1) is 7.15. The maximum absolute atomic E-state index is 11.2. The monoisotopic (exact) mass is 249 g/mol. The average Bonchev–Trinajstić information content (AvgIpc) is 2.50. The number of hydrogen-bond acceptors (Lipinski definition) is 6. The molecule has 7 heteroatoms. The van der Waals surface area contributed by atoms with Crippen LogP contribution in [0.5, 0.6) is 11.8 Å². The van der Waals surface area contributed by atoms with Crippen LogP contribution < -0.4 is 4.84 Å². The van der Waals surface area contributed by atoms with E-state index in [1.54, 1.807) is 10.8 Å². The van der Waals surface area contributed by atoms with Gasteiger partial charge in [-0.05, 0) is 6.26 Å². The topological polar surface area (TPSA) is 71.7 Å². The Kier molecular flexibility index (Phi) is 4.70. The van der Waals surface area contributed by atoms with Gasteiger partial charge in [-0.15, -0.1) is 4.73 Å². The van der Waals surface area contributed by atoms with E-state index in [9.17, 15) is 4.79 Å². The zero-order chi connectivity index (χ0) is 11.3. The van der Waals surface area contributed by atoms with Crippen LogP contribution >= 0.6 is 21.6 Å². The first kappa shape index (κ1) is 12.1. The van der Waals surface area contributed by atoms with E-state index < -0.39 is 5.97 Å². The summed E-state index contributed by atoms with van der Waals surface area (Å²) in [5.41, 5.74) is 0. The van der Waals surface area contributed by atoms with Gasteiger partial charge in [-0.1, -0.05) is 21.6 Å². The Bertz CT molecular complexity index is 320. The van der Waals surface area contributed by atoms with E-state index in [1.165, 1.54) is 22.9 Å². The molecule has 15 heavy (non-hydrogen) atoms. The highest BCUT2D eigenvalue weighted by atomic mass is 33.1. The Hall–Kier alpha value is -0.950. The van der Waals surface area contributed by atoms with Gasteiger partial charge in [0.15, 0.2) is 0 Å². The lowest BCUT2D eigenvalue weighted by Crippen LogP contribution is -2.19. The molecule has 0 amide bonds. The van der Waals surface area contributed by atoms with Crippen LogP contribution in [0, 0.1) is 0 Å². The molecule has 0 spiro atoms. The van der Waals surface area contributed by atoms with E-state index in [0.717, 1.165) is 0 Å².